The van der Waals surface area contributed by atoms with Crippen molar-refractivity contribution in [2.24, 2.45) is 0 Å². The third-order valence-electron chi connectivity index (χ3n) is 4.36. The van der Waals surface area contributed by atoms with Crippen LogP contribution in [-0.2, 0) is 13.0 Å². The van der Waals surface area contributed by atoms with Gasteiger partial charge in [0.05, 0.1) is 19.9 Å². The molecule has 3 aromatic rings. The van der Waals surface area contributed by atoms with Gasteiger partial charge in [0.1, 0.15) is 23.7 Å². The molecule has 0 amide bonds. The van der Waals surface area contributed by atoms with Gasteiger partial charge in [-0.1, -0.05) is 13.3 Å². The van der Waals surface area contributed by atoms with E-state index in [4.69, 9.17) is 25.9 Å². The lowest BCUT2D eigenvalue weighted by atomic mass is 10.1. The van der Waals surface area contributed by atoms with Gasteiger partial charge in [0, 0.05) is 24.6 Å². The first-order valence-electron chi connectivity index (χ1n) is 8.55. The average Bonchev–Trinajstić information content (AvgIpc) is 2.99. The van der Waals surface area contributed by atoms with Crippen molar-refractivity contribution in [2.75, 3.05) is 25.7 Å². The molecule has 0 aliphatic heterocycles. The number of fused-ring (bicyclic) bond motifs is 1. The van der Waals surface area contributed by atoms with Gasteiger partial charge in [-0.15, -0.1) is 0 Å². The van der Waals surface area contributed by atoms with Crippen molar-refractivity contribution in [3.63, 3.8) is 0 Å². The molecule has 0 bridgehead atoms. The van der Waals surface area contributed by atoms with E-state index in [9.17, 15) is 0 Å². The van der Waals surface area contributed by atoms with Crippen molar-refractivity contribution in [3.8, 4) is 11.5 Å². The number of nitrogens with two attached hydrogens (primary N) is 2. The second-order valence-corrected chi connectivity index (χ2v) is 6.05. The van der Waals surface area contributed by atoms with E-state index in [-0.39, 0.29) is 0 Å². The highest BCUT2D eigenvalue weighted by atomic mass is 16.5. The van der Waals surface area contributed by atoms with Gasteiger partial charge in [0.25, 0.3) is 0 Å². The number of imidazole rings is 1. The number of nitrogens with zero attached hydrogens (tertiary/aromatic N) is 4. The second kappa shape index (κ2) is 7.47. The molecule has 0 saturated carbocycles. The molecule has 0 spiro atoms. The van der Waals surface area contributed by atoms with Crippen LogP contribution >= 0.6 is 0 Å². The number of unbranched alkanes of at least 4 members (excludes halogenated alkanes) is 1. The highest BCUT2D eigenvalue weighted by Gasteiger charge is 2.17. The van der Waals surface area contributed by atoms with Crippen LogP contribution in [0.25, 0.3) is 11.2 Å². The number of hydrogen-bond donors (Lipinski definition) is 2. The third-order valence-corrected chi connectivity index (χ3v) is 4.36. The first-order chi connectivity index (χ1) is 12.6. The second-order valence-electron chi connectivity index (χ2n) is 6.05. The average molecular weight is 356 g/mol. The van der Waals surface area contributed by atoms with Crippen LogP contribution in [0.5, 0.6) is 11.5 Å². The zero-order valence-corrected chi connectivity index (χ0v) is 15.3. The Kier molecular flexibility index (Phi) is 5.11. The Bertz CT molecular complexity index is 922. The molecule has 0 saturated heterocycles. The smallest absolute Gasteiger partial charge is 0.165 e. The Morgan fingerprint density at radius 2 is 1.85 bits per heavy atom. The predicted octanol–water partition coefficient (Wildman–Crippen LogP) is 2.40. The van der Waals surface area contributed by atoms with E-state index < -0.39 is 0 Å². The minimum Gasteiger partial charge on any atom is -0.496 e. The minimum absolute atomic E-state index is 0.383. The summed E-state index contributed by atoms with van der Waals surface area (Å²) in [6, 6.07) is 3.65. The van der Waals surface area contributed by atoms with Crippen molar-refractivity contribution >= 4 is 22.7 Å². The molecular formula is C18H24N6O2. The summed E-state index contributed by atoms with van der Waals surface area (Å²) in [5, 5.41) is 0. The van der Waals surface area contributed by atoms with E-state index in [1.165, 1.54) is 6.33 Å². The number of ether oxygens (including phenoxy) is 2. The molecule has 26 heavy (non-hydrogen) atoms. The number of rotatable bonds is 7. The maximum Gasteiger partial charge on any atom is 0.165 e. The standard InChI is InChI=1S/C18H24N6O2/c1-4-5-6-24-15(23-16-17(20)21-10-22-18(16)24)8-11-7-14(26-3)12(19)9-13(11)25-2/h7,9-10H,4-6,8,19H2,1-3H3,(H2,20,21,22). The minimum atomic E-state index is 0.383. The molecule has 8 heteroatoms. The molecule has 4 N–H and O–H groups in total. The van der Waals surface area contributed by atoms with E-state index in [0.717, 1.165) is 36.4 Å². The van der Waals surface area contributed by atoms with Crippen molar-refractivity contribution in [3.05, 3.63) is 29.8 Å². The largest absolute Gasteiger partial charge is 0.496 e. The lowest BCUT2D eigenvalue weighted by Gasteiger charge is -2.13. The SMILES string of the molecule is CCCCn1c(Cc2cc(OC)c(N)cc2OC)nc2c(N)ncnc21. The molecule has 8 nitrogen and oxygen atoms in total. The lowest BCUT2D eigenvalue weighted by Crippen LogP contribution is -2.07. The third kappa shape index (κ3) is 3.22. The van der Waals surface area contributed by atoms with Gasteiger partial charge in [-0.3, -0.25) is 0 Å². The Morgan fingerprint density at radius 1 is 1.08 bits per heavy atom. The summed E-state index contributed by atoms with van der Waals surface area (Å²) >= 11 is 0. The topological polar surface area (TPSA) is 114 Å². The lowest BCUT2D eigenvalue weighted by molar-refractivity contribution is 0.400. The number of aryl methyl sites for hydroxylation is 1. The fourth-order valence-electron chi connectivity index (χ4n) is 2.98. The van der Waals surface area contributed by atoms with E-state index in [1.807, 2.05) is 6.07 Å². The van der Waals surface area contributed by atoms with E-state index in [2.05, 4.69) is 21.5 Å². The predicted molar refractivity (Wildman–Crippen MR) is 101 cm³/mol. The molecule has 0 atom stereocenters. The Morgan fingerprint density at radius 3 is 2.54 bits per heavy atom. The zero-order valence-electron chi connectivity index (χ0n) is 15.3. The molecule has 0 unspecified atom stereocenters. The fourth-order valence-corrected chi connectivity index (χ4v) is 2.98. The quantitative estimate of drug-likeness (QED) is 0.625. The number of anilines is 2. The zero-order chi connectivity index (χ0) is 18.7. The monoisotopic (exact) mass is 356 g/mol. The molecule has 2 heterocycles. The van der Waals surface area contributed by atoms with Gasteiger partial charge in [-0.05, 0) is 12.5 Å². The normalized spacial score (nSPS) is 11.0. The molecule has 0 aliphatic rings. The van der Waals surface area contributed by atoms with Gasteiger partial charge in [-0.2, -0.15) is 0 Å². The summed E-state index contributed by atoms with van der Waals surface area (Å²) in [4.78, 5) is 13.1. The fraction of sp³-hybridized carbons (Fsp3) is 0.389. The maximum absolute atomic E-state index is 5.99. The molecule has 1 aromatic carbocycles. The molecular weight excluding hydrogens is 332 g/mol. The summed E-state index contributed by atoms with van der Waals surface area (Å²) < 4.78 is 12.9. The number of methoxy groups -OCH3 is 2. The van der Waals surface area contributed by atoms with Crippen molar-refractivity contribution in [2.45, 2.75) is 32.7 Å². The highest BCUT2D eigenvalue weighted by Crippen LogP contribution is 2.32. The molecule has 0 fully saturated rings. The molecule has 3 rings (SSSR count). The number of hydrogen-bond acceptors (Lipinski definition) is 7. The van der Waals surface area contributed by atoms with Crippen molar-refractivity contribution in [1.82, 2.24) is 19.5 Å². The van der Waals surface area contributed by atoms with Crippen LogP contribution in [0.4, 0.5) is 11.5 Å². The Hall–Kier alpha value is -3.03. The van der Waals surface area contributed by atoms with E-state index in [0.29, 0.717) is 34.9 Å². The van der Waals surface area contributed by atoms with Crippen LogP contribution in [0, 0.1) is 0 Å². The van der Waals surface area contributed by atoms with Crippen LogP contribution < -0.4 is 20.9 Å². The first kappa shape index (κ1) is 17.8. The number of benzene rings is 1. The van der Waals surface area contributed by atoms with E-state index in [1.54, 1.807) is 20.3 Å². The maximum atomic E-state index is 5.99. The summed E-state index contributed by atoms with van der Waals surface area (Å²) in [5.74, 6) is 2.53. The van der Waals surface area contributed by atoms with Gasteiger partial charge in [0.15, 0.2) is 17.0 Å². The summed E-state index contributed by atoms with van der Waals surface area (Å²) in [6.45, 7) is 2.96. The Balaban J connectivity index is 2.09. The molecule has 0 radical (unpaired) electrons. The number of nitrogen functional groups attached to an aromatic ring is 2. The van der Waals surface area contributed by atoms with Gasteiger partial charge in [0.2, 0.25) is 0 Å². The van der Waals surface area contributed by atoms with Gasteiger partial charge < -0.3 is 25.5 Å². The summed E-state index contributed by atoms with van der Waals surface area (Å²) in [5.41, 5.74) is 14.8. The van der Waals surface area contributed by atoms with Crippen LogP contribution in [0.2, 0.25) is 0 Å². The van der Waals surface area contributed by atoms with Crippen LogP contribution in [0.3, 0.4) is 0 Å². The van der Waals surface area contributed by atoms with Crippen LogP contribution in [0.1, 0.15) is 31.2 Å². The summed E-state index contributed by atoms with van der Waals surface area (Å²) in [6.07, 6.45) is 4.10. The van der Waals surface area contributed by atoms with Gasteiger partial charge in [-0.25, -0.2) is 15.0 Å². The van der Waals surface area contributed by atoms with Crippen molar-refractivity contribution < 1.29 is 9.47 Å². The van der Waals surface area contributed by atoms with Crippen LogP contribution in [0.15, 0.2) is 18.5 Å². The Labute approximate surface area is 152 Å². The molecule has 0 aliphatic carbocycles. The van der Waals surface area contributed by atoms with Crippen molar-refractivity contribution in [1.29, 1.82) is 0 Å². The van der Waals surface area contributed by atoms with Crippen LogP contribution in [-0.4, -0.2) is 33.7 Å². The van der Waals surface area contributed by atoms with Gasteiger partial charge >= 0.3 is 0 Å². The van der Waals surface area contributed by atoms with E-state index >= 15 is 0 Å². The molecule has 138 valence electrons. The summed E-state index contributed by atoms with van der Waals surface area (Å²) in [7, 11) is 3.21. The number of aromatic nitrogens is 4. The molecule has 2 aromatic heterocycles. The highest BCUT2D eigenvalue weighted by molar-refractivity contribution is 5.82. The first-order valence-corrected chi connectivity index (χ1v) is 8.55.